The molecule has 0 spiro atoms. The molecule has 4 nitrogen and oxygen atoms in total. The Morgan fingerprint density at radius 1 is 1.56 bits per heavy atom. The van der Waals surface area contributed by atoms with Gasteiger partial charge in [0.2, 0.25) is 0 Å². The van der Waals surface area contributed by atoms with Crippen molar-refractivity contribution in [3.8, 4) is 5.75 Å². The Hall–Kier alpha value is -0.555. The summed E-state index contributed by atoms with van der Waals surface area (Å²) in [5.74, 6) is 0.567. The monoisotopic (exact) mass is 314 g/mol. The quantitative estimate of drug-likeness (QED) is 0.824. The smallest absolute Gasteiger partial charge is 0.491 e. The average molecular weight is 315 g/mol. The zero-order chi connectivity index (χ0) is 13.3. The molecule has 1 aliphatic heterocycles. The van der Waals surface area contributed by atoms with E-state index in [4.69, 9.17) is 9.39 Å². The van der Waals surface area contributed by atoms with Crippen LogP contribution in [-0.2, 0) is 4.65 Å². The number of hydrogen-bond donors (Lipinski definition) is 2. The molecular formula is C12H16BBrO4. The lowest BCUT2D eigenvalue weighted by molar-refractivity contribution is 0.123. The summed E-state index contributed by atoms with van der Waals surface area (Å²) >= 11 is 3.47. The van der Waals surface area contributed by atoms with Crippen molar-refractivity contribution in [2.45, 2.75) is 32.5 Å². The molecule has 98 valence electrons. The third-order valence-corrected chi connectivity index (χ3v) is 3.60. The van der Waals surface area contributed by atoms with E-state index < -0.39 is 13.2 Å². The van der Waals surface area contributed by atoms with Crippen LogP contribution in [0.2, 0.25) is 0 Å². The van der Waals surface area contributed by atoms with Crippen molar-refractivity contribution >= 4 is 28.5 Å². The summed E-state index contributed by atoms with van der Waals surface area (Å²) in [7, 11) is -0.966. The molecule has 0 amide bonds. The molecule has 1 aromatic rings. The molecule has 0 bridgehead atoms. The molecule has 2 N–H and O–H groups in total. The molecule has 1 aliphatic rings. The molecule has 2 unspecified atom stereocenters. The maximum absolute atomic E-state index is 9.97. The molecule has 2 rings (SSSR count). The molecule has 0 aliphatic carbocycles. The molecule has 18 heavy (non-hydrogen) atoms. The summed E-state index contributed by atoms with van der Waals surface area (Å²) in [6.45, 7) is 3.85. The van der Waals surface area contributed by atoms with E-state index in [2.05, 4.69) is 15.9 Å². The van der Waals surface area contributed by atoms with Gasteiger partial charge < -0.3 is 19.5 Å². The Morgan fingerprint density at radius 3 is 2.89 bits per heavy atom. The summed E-state index contributed by atoms with van der Waals surface area (Å²) in [6, 6.07) is 3.65. The van der Waals surface area contributed by atoms with Crippen LogP contribution in [0, 0.1) is 0 Å². The van der Waals surface area contributed by atoms with Crippen LogP contribution < -0.4 is 10.2 Å². The summed E-state index contributed by atoms with van der Waals surface area (Å²) in [5.41, 5.74) is 1.60. The summed E-state index contributed by atoms with van der Waals surface area (Å²) in [6.07, 6.45) is 0.105. The van der Waals surface area contributed by atoms with Gasteiger partial charge in [0.05, 0.1) is 12.2 Å². The predicted octanol–water partition coefficient (Wildman–Crippen LogP) is 1.38. The molecule has 0 radical (unpaired) electrons. The average Bonchev–Trinajstić information content (AvgIpc) is 2.67. The van der Waals surface area contributed by atoms with Crippen LogP contribution in [0.15, 0.2) is 16.6 Å². The Morgan fingerprint density at radius 2 is 2.28 bits per heavy atom. The van der Waals surface area contributed by atoms with E-state index in [1.165, 1.54) is 0 Å². The summed E-state index contributed by atoms with van der Waals surface area (Å²) < 4.78 is 11.9. The van der Waals surface area contributed by atoms with Crippen LogP contribution in [0.4, 0.5) is 0 Å². The maximum atomic E-state index is 9.97. The largest absolute Gasteiger partial charge is 0.495 e. The first-order valence-corrected chi connectivity index (χ1v) is 6.80. The van der Waals surface area contributed by atoms with Crippen LogP contribution >= 0.6 is 15.9 Å². The second-order valence-electron chi connectivity index (χ2n) is 4.42. The normalized spacial score (nSPS) is 19.8. The van der Waals surface area contributed by atoms with Gasteiger partial charge in [-0.1, -0.05) is 22.9 Å². The third-order valence-electron chi connectivity index (χ3n) is 2.91. The number of rotatable bonds is 4. The van der Waals surface area contributed by atoms with E-state index in [0.29, 0.717) is 11.2 Å². The molecule has 0 saturated carbocycles. The van der Waals surface area contributed by atoms with Crippen molar-refractivity contribution in [2.75, 3.05) is 6.61 Å². The van der Waals surface area contributed by atoms with E-state index in [1.807, 2.05) is 13.0 Å². The van der Waals surface area contributed by atoms with Crippen molar-refractivity contribution < 1.29 is 19.5 Å². The van der Waals surface area contributed by atoms with Gasteiger partial charge in [0.1, 0.15) is 12.4 Å². The molecule has 0 saturated heterocycles. The Kier molecular flexibility index (Phi) is 4.32. The molecule has 0 aromatic heterocycles. The summed E-state index contributed by atoms with van der Waals surface area (Å²) in [4.78, 5) is 0. The highest BCUT2D eigenvalue weighted by molar-refractivity contribution is 9.10. The van der Waals surface area contributed by atoms with Crippen LogP contribution in [-0.4, -0.2) is 30.0 Å². The number of fused-ring (bicyclic) bond motifs is 1. The minimum absolute atomic E-state index is 0.125. The minimum atomic E-state index is -0.966. The third kappa shape index (κ3) is 2.57. The SMILES string of the molecule is CCC1OB(O)c2c(OCC(C)O)ccc(Br)c21. The van der Waals surface area contributed by atoms with Gasteiger partial charge in [-0.15, -0.1) is 0 Å². The number of aliphatic hydroxyl groups excluding tert-OH is 1. The maximum Gasteiger partial charge on any atom is 0.495 e. The first-order valence-electron chi connectivity index (χ1n) is 6.01. The number of ether oxygens (including phenoxy) is 1. The zero-order valence-electron chi connectivity index (χ0n) is 10.4. The van der Waals surface area contributed by atoms with Crippen LogP contribution in [0.3, 0.4) is 0 Å². The lowest BCUT2D eigenvalue weighted by Crippen LogP contribution is -2.31. The minimum Gasteiger partial charge on any atom is -0.491 e. The fourth-order valence-corrected chi connectivity index (χ4v) is 2.70. The standard InChI is InChI=1S/C12H16BBrO4/c1-3-9-11-8(14)4-5-10(17-6-7(2)15)12(11)13(16)18-9/h4-5,7,9,15-16H,3,6H2,1-2H3. The van der Waals surface area contributed by atoms with Gasteiger partial charge >= 0.3 is 7.12 Å². The Balaban J connectivity index is 2.36. The highest BCUT2D eigenvalue weighted by Crippen LogP contribution is 2.35. The van der Waals surface area contributed by atoms with Crippen molar-refractivity contribution in [1.29, 1.82) is 0 Å². The van der Waals surface area contributed by atoms with Crippen molar-refractivity contribution in [1.82, 2.24) is 0 Å². The lowest BCUT2D eigenvalue weighted by Gasteiger charge is -2.14. The Labute approximate surface area is 115 Å². The first kappa shape index (κ1) is 13.9. The number of aliphatic hydroxyl groups is 1. The fourth-order valence-electron chi connectivity index (χ4n) is 2.10. The number of hydrogen-bond acceptors (Lipinski definition) is 4. The number of halogens is 1. The lowest BCUT2D eigenvalue weighted by atomic mass is 9.78. The molecule has 1 heterocycles. The molecule has 6 heteroatoms. The van der Waals surface area contributed by atoms with Gasteiger partial charge in [0.15, 0.2) is 0 Å². The van der Waals surface area contributed by atoms with Crippen molar-refractivity contribution in [2.24, 2.45) is 0 Å². The van der Waals surface area contributed by atoms with E-state index in [1.54, 1.807) is 13.0 Å². The molecule has 2 atom stereocenters. The van der Waals surface area contributed by atoms with Gasteiger partial charge in [0, 0.05) is 9.94 Å². The van der Waals surface area contributed by atoms with E-state index in [0.717, 1.165) is 16.5 Å². The Bertz CT molecular complexity index is 438. The van der Waals surface area contributed by atoms with E-state index in [9.17, 15) is 10.1 Å². The van der Waals surface area contributed by atoms with Gasteiger partial charge in [-0.2, -0.15) is 0 Å². The van der Waals surface area contributed by atoms with E-state index in [-0.39, 0.29) is 12.7 Å². The second-order valence-corrected chi connectivity index (χ2v) is 5.27. The van der Waals surface area contributed by atoms with Crippen molar-refractivity contribution in [3.05, 3.63) is 22.2 Å². The molecule has 0 fully saturated rings. The van der Waals surface area contributed by atoms with Crippen LogP contribution in [0.25, 0.3) is 0 Å². The highest BCUT2D eigenvalue weighted by Gasteiger charge is 2.38. The number of benzene rings is 1. The predicted molar refractivity (Wildman–Crippen MR) is 73.0 cm³/mol. The zero-order valence-corrected chi connectivity index (χ0v) is 12.0. The first-order chi connectivity index (χ1) is 8.54. The van der Waals surface area contributed by atoms with Crippen LogP contribution in [0.5, 0.6) is 5.75 Å². The summed E-state index contributed by atoms with van der Waals surface area (Å²) in [5, 5.41) is 19.2. The van der Waals surface area contributed by atoms with Crippen molar-refractivity contribution in [3.63, 3.8) is 0 Å². The fraction of sp³-hybridized carbons (Fsp3) is 0.500. The van der Waals surface area contributed by atoms with Gasteiger partial charge in [-0.25, -0.2) is 0 Å². The molecular weight excluding hydrogens is 299 g/mol. The van der Waals surface area contributed by atoms with Gasteiger partial charge in [-0.3, -0.25) is 0 Å². The second kappa shape index (κ2) is 5.61. The van der Waals surface area contributed by atoms with E-state index >= 15 is 0 Å². The molecule has 1 aromatic carbocycles. The van der Waals surface area contributed by atoms with Gasteiger partial charge in [0.25, 0.3) is 0 Å². The highest BCUT2D eigenvalue weighted by atomic mass is 79.9. The van der Waals surface area contributed by atoms with Crippen LogP contribution in [0.1, 0.15) is 31.9 Å². The van der Waals surface area contributed by atoms with Gasteiger partial charge in [-0.05, 0) is 31.0 Å². The topological polar surface area (TPSA) is 58.9 Å².